The number of phenols is 1. The normalized spacial score (nSPS) is 14.0. The van der Waals surface area contributed by atoms with E-state index >= 15 is 0 Å². The molecule has 0 unspecified atom stereocenters. The summed E-state index contributed by atoms with van der Waals surface area (Å²) in [4.78, 5) is 10.6. The van der Waals surface area contributed by atoms with Gasteiger partial charge in [0.25, 0.3) is 0 Å². The van der Waals surface area contributed by atoms with Gasteiger partial charge in [0.15, 0.2) is 0 Å². The minimum Gasteiger partial charge on any atom is -0.508 e. The second-order valence-electron chi connectivity index (χ2n) is 3.26. The van der Waals surface area contributed by atoms with Crippen LogP contribution in [-0.4, -0.2) is 16.2 Å². The molecule has 2 N–H and O–H groups in total. The van der Waals surface area contributed by atoms with Crippen molar-refractivity contribution in [2.24, 2.45) is 0 Å². The van der Waals surface area contributed by atoms with Gasteiger partial charge < -0.3 is 14.9 Å². The number of carbonyl (C=O) groups is 1. The molecular weight excluding hydrogens is 184 g/mol. The molecular formula is C10H10O4. The number of hydrogen-bond donors (Lipinski definition) is 2. The Morgan fingerprint density at radius 2 is 2.21 bits per heavy atom. The second-order valence-corrected chi connectivity index (χ2v) is 3.26. The number of carboxylic acid groups (broad SMARTS) is 1. The number of aromatic hydroxyl groups is 1. The summed E-state index contributed by atoms with van der Waals surface area (Å²) in [5.41, 5.74) is 2.28. The van der Waals surface area contributed by atoms with E-state index < -0.39 is 5.97 Å². The first-order valence-corrected chi connectivity index (χ1v) is 4.30. The lowest BCUT2D eigenvalue weighted by Gasteiger charge is -2.06. The van der Waals surface area contributed by atoms with E-state index in [-0.39, 0.29) is 12.2 Å². The summed E-state index contributed by atoms with van der Waals surface area (Å²) >= 11 is 0. The van der Waals surface area contributed by atoms with Gasteiger partial charge in [0.05, 0.1) is 19.6 Å². The Morgan fingerprint density at radius 3 is 2.93 bits per heavy atom. The molecule has 1 aromatic carbocycles. The van der Waals surface area contributed by atoms with E-state index in [9.17, 15) is 9.90 Å². The Bertz CT molecular complexity index is 384. The summed E-state index contributed by atoms with van der Waals surface area (Å²) in [7, 11) is 0. The van der Waals surface area contributed by atoms with Crippen molar-refractivity contribution in [2.45, 2.75) is 19.6 Å². The zero-order valence-electron chi connectivity index (χ0n) is 7.49. The molecule has 0 aromatic heterocycles. The van der Waals surface area contributed by atoms with Gasteiger partial charge in [-0.1, -0.05) is 6.07 Å². The van der Waals surface area contributed by atoms with Gasteiger partial charge in [-0.15, -0.1) is 0 Å². The van der Waals surface area contributed by atoms with Crippen molar-refractivity contribution in [1.82, 2.24) is 0 Å². The van der Waals surface area contributed by atoms with Gasteiger partial charge >= 0.3 is 5.97 Å². The van der Waals surface area contributed by atoms with Gasteiger partial charge in [-0.2, -0.15) is 0 Å². The van der Waals surface area contributed by atoms with Crippen LogP contribution in [0.15, 0.2) is 12.1 Å². The first-order chi connectivity index (χ1) is 6.68. The monoisotopic (exact) mass is 194 g/mol. The molecule has 14 heavy (non-hydrogen) atoms. The molecule has 1 aliphatic rings. The molecule has 1 heterocycles. The fraction of sp³-hybridized carbons (Fsp3) is 0.300. The summed E-state index contributed by atoms with van der Waals surface area (Å²) in [6.45, 7) is 0.897. The highest BCUT2D eigenvalue weighted by Crippen LogP contribution is 2.30. The molecule has 1 aromatic rings. The maximum absolute atomic E-state index is 10.6. The van der Waals surface area contributed by atoms with Crippen molar-refractivity contribution in [3.05, 3.63) is 28.8 Å². The molecule has 0 radical (unpaired) electrons. The van der Waals surface area contributed by atoms with Crippen molar-refractivity contribution in [2.75, 3.05) is 0 Å². The Labute approximate surface area is 80.7 Å². The summed E-state index contributed by atoms with van der Waals surface area (Å²) in [6.07, 6.45) is -0.154. The second kappa shape index (κ2) is 3.31. The Kier molecular flexibility index (Phi) is 2.13. The molecule has 0 saturated heterocycles. The van der Waals surface area contributed by atoms with Gasteiger partial charge in [-0.3, -0.25) is 4.79 Å². The standard InChI is InChI=1S/C10H10O4/c11-9-2-1-6-4-14-5-8(6)7(9)3-10(12)13/h1-2,11H,3-5H2,(H,12,13). The molecule has 4 heteroatoms. The number of hydrogen-bond acceptors (Lipinski definition) is 3. The van der Waals surface area contributed by atoms with Crippen molar-refractivity contribution in [1.29, 1.82) is 0 Å². The maximum atomic E-state index is 10.6. The minimum absolute atomic E-state index is 0.0386. The van der Waals surface area contributed by atoms with Crippen molar-refractivity contribution in [3.63, 3.8) is 0 Å². The van der Waals surface area contributed by atoms with Crippen molar-refractivity contribution >= 4 is 5.97 Å². The molecule has 0 atom stereocenters. The maximum Gasteiger partial charge on any atom is 0.307 e. The van der Waals surface area contributed by atoms with Gasteiger partial charge in [0, 0.05) is 5.56 Å². The van der Waals surface area contributed by atoms with Crippen LogP contribution in [-0.2, 0) is 29.2 Å². The number of ether oxygens (including phenoxy) is 1. The highest BCUT2D eigenvalue weighted by molar-refractivity contribution is 5.72. The van der Waals surface area contributed by atoms with Crippen LogP contribution in [0.3, 0.4) is 0 Å². The minimum atomic E-state index is -0.944. The lowest BCUT2D eigenvalue weighted by atomic mass is 10.00. The lowest BCUT2D eigenvalue weighted by molar-refractivity contribution is -0.136. The van der Waals surface area contributed by atoms with E-state index in [4.69, 9.17) is 9.84 Å². The van der Waals surface area contributed by atoms with E-state index in [1.54, 1.807) is 6.07 Å². The zero-order valence-corrected chi connectivity index (χ0v) is 7.49. The fourth-order valence-corrected chi connectivity index (χ4v) is 1.66. The van der Waals surface area contributed by atoms with Gasteiger partial charge in [-0.25, -0.2) is 0 Å². The van der Waals surface area contributed by atoms with E-state index in [1.807, 2.05) is 0 Å². The number of aliphatic carboxylic acids is 1. The highest BCUT2D eigenvalue weighted by atomic mass is 16.5. The molecule has 0 spiro atoms. The Balaban J connectivity index is 2.46. The highest BCUT2D eigenvalue weighted by Gasteiger charge is 2.19. The van der Waals surface area contributed by atoms with Crippen LogP contribution in [0.1, 0.15) is 16.7 Å². The van der Waals surface area contributed by atoms with Crippen molar-refractivity contribution < 1.29 is 19.7 Å². The zero-order chi connectivity index (χ0) is 10.1. The molecule has 0 amide bonds. The summed E-state index contributed by atoms with van der Waals surface area (Å²) in [5.74, 6) is -0.905. The summed E-state index contributed by atoms with van der Waals surface area (Å²) in [5, 5.41) is 18.2. The molecule has 0 fully saturated rings. The van der Waals surface area contributed by atoms with Crippen molar-refractivity contribution in [3.8, 4) is 5.75 Å². The molecule has 0 saturated carbocycles. The first kappa shape index (κ1) is 9.02. The summed E-state index contributed by atoms with van der Waals surface area (Å²) < 4.78 is 5.19. The molecule has 0 bridgehead atoms. The number of fused-ring (bicyclic) bond motifs is 1. The number of rotatable bonds is 2. The van der Waals surface area contributed by atoms with Crippen LogP contribution >= 0.6 is 0 Å². The van der Waals surface area contributed by atoms with E-state index in [0.717, 1.165) is 11.1 Å². The molecule has 0 aliphatic carbocycles. The molecule has 4 nitrogen and oxygen atoms in total. The molecule has 74 valence electrons. The van der Waals surface area contributed by atoms with Gasteiger partial charge in [0.2, 0.25) is 0 Å². The van der Waals surface area contributed by atoms with Crippen LogP contribution in [0.5, 0.6) is 5.75 Å². The van der Waals surface area contributed by atoms with Crippen LogP contribution < -0.4 is 0 Å². The third-order valence-electron chi connectivity index (χ3n) is 2.34. The average molecular weight is 194 g/mol. The third kappa shape index (κ3) is 1.44. The fourth-order valence-electron chi connectivity index (χ4n) is 1.66. The van der Waals surface area contributed by atoms with Crippen LogP contribution in [0, 0.1) is 0 Å². The predicted octanol–water partition coefficient (Wildman–Crippen LogP) is 1.05. The average Bonchev–Trinajstić information content (AvgIpc) is 2.57. The van der Waals surface area contributed by atoms with E-state index in [2.05, 4.69) is 0 Å². The van der Waals surface area contributed by atoms with E-state index in [0.29, 0.717) is 18.8 Å². The number of phenolic OH excluding ortho intramolecular Hbond substituents is 1. The smallest absolute Gasteiger partial charge is 0.307 e. The summed E-state index contributed by atoms with van der Waals surface area (Å²) in [6, 6.07) is 3.29. The van der Waals surface area contributed by atoms with Crippen LogP contribution in [0.2, 0.25) is 0 Å². The largest absolute Gasteiger partial charge is 0.508 e. The third-order valence-corrected chi connectivity index (χ3v) is 2.34. The Morgan fingerprint density at radius 1 is 1.43 bits per heavy atom. The first-order valence-electron chi connectivity index (χ1n) is 4.30. The Hall–Kier alpha value is -1.55. The van der Waals surface area contributed by atoms with E-state index in [1.165, 1.54) is 6.07 Å². The van der Waals surface area contributed by atoms with Crippen LogP contribution in [0.25, 0.3) is 0 Å². The van der Waals surface area contributed by atoms with Gasteiger partial charge in [0.1, 0.15) is 5.75 Å². The SMILES string of the molecule is O=C(O)Cc1c(O)ccc2c1COC2. The van der Waals surface area contributed by atoms with Crippen LogP contribution in [0.4, 0.5) is 0 Å². The molecule has 1 aliphatic heterocycles. The van der Waals surface area contributed by atoms with Gasteiger partial charge in [-0.05, 0) is 17.2 Å². The number of benzene rings is 1. The number of carboxylic acids is 1. The topological polar surface area (TPSA) is 66.8 Å². The quantitative estimate of drug-likeness (QED) is 0.738. The predicted molar refractivity (Wildman–Crippen MR) is 47.9 cm³/mol. The lowest BCUT2D eigenvalue weighted by Crippen LogP contribution is -2.04. The molecule has 2 rings (SSSR count).